The summed E-state index contributed by atoms with van der Waals surface area (Å²) in [5, 5.41) is 13.2. The topological polar surface area (TPSA) is 127 Å². The molecule has 0 bridgehead atoms. The van der Waals surface area contributed by atoms with Gasteiger partial charge in [0.25, 0.3) is 5.91 Å². The summed E-state index contributed by atoms with van der Waals surface area (Å²) in [4.78, 5) is 35.5. The highest BCUT2D eigenvalue weighted by atomic mass is 16.5. The largest absolute Gasteiger partial charge is 0.493 e. The van der Waals surface area contributed by atoms with Crippen LogP contribution in [0.5, 0.6) is 11.5 Å². The monoisotopic (exact) mass is 403 g/mol. The summed E-state index contributed by atoms with van der Waals surface area (Å²) in [5.41, 5.74) is 0.105. The van der Waals surface area contributed by atoms with Gasteiger partial charge in [-0.2, -0.15) is 5.26 Å². The zero-order valence-corrected chi connectivity index (χ0v) is 17.1. The number of benzene rings is 1. The molecular weight excluding hydrogens is 378 g/mol. The summed E-state index contributed by atoms with van der Waals surface area (Å²) in [6.07, 6.45) is 1.45. The van der Waals surface area contributed by atoms with Gasteiger partial charge in [0, 0.05) is 11.6 Å². The van der Waals surface area contributed by atoms with Gasteiger partial charge < -0.3 is 19.5 Å². The first-order valence-electron chi connectivity index (χ1n) is 8.75. The summed E-state index contributed by atoms with van der Waals surface area (Å²) >= 11 is 0. The molecular formula is C20H25N3O6. The maximum Gasteiger partial charge on any atom is 0.331 e. The molecule has 3 amide bonds. The Hall–Kier alpha value is -3.54. The quantitative estimate of drug-likeness (QED) is 0.527. The lowest BCUT2D eigenvalue weighted by Gasteiger charge is -2.21. The number of amides is 3. The lowest BCUT2D eigenvalue weighted by Crippen LogP contribution is -2.50. The number of esters is 1. The first-order chi connectivity index (χ1) is 13.6. The second-order valence-corrected chi connectivity index (χ2v) is 6.96. The van der Waals surface area contributed by atoms with Crippen LogP contribution in [0.3, 0.4) is 0 Å². The molecule has 0 aliphatic rings. The Morgan fingerprint density at radius 3 is 2.52 bits per heavy atom. The Kier molecular flexibility index (Phi) is 8.68. The van der Waals surface area contributed by atoms with Crippen LogP contribution in [-0.2, 0) is 14.3 Å². The Balaban J connectivity index is 2.65. The highest BCUT2D eigenvalue weighted by molar-refractivity contribution is 5.98. The van der Waals surface area contributed by atoms with Crippen molar-refractivity contribution in [3.63, 3.8) is 0 Å². The van der Waals surface area contributed by atoms with Gasteiger partial charge >= 0.3 is 12.0 Å². The number of ether oxygens (including phenoxy) is 3. The number of urea groups is 1. The summed E-state index contributed by atoms with van der Waals surface area (Å²) < 4.78 is 15.4. The molecule has 0 aromatic heterocycles. The predicted octanol–water partition coefficient (Wildman–Crippen LogP) is 2.17. The van der Waals surface area contributed by atoms with Crippen LogP contribution >= 0.6 is 0 Å². The number of carbonyl (C=O) groups is 3. The fourth-order valence-electron chi connectivity index (χ4n) is 2.03. The molecule has 0 saturated carbocycles. The van der Waals surface area contributed by atoms with Gasteiger partial charge in [-0.05, 0) is 51.5 Å². The van der Waals surface area contributed by atoms with E-state index >= 15 is 0 Å². The van der Waals surface area contributed by atoms with Crippen LogP contribution in [0.1, 0.15) is 33.3 Å². The number of nitrogens with one attached hydrogen (secondary N) is 2. The van der Waals surface area contributed by atoms with E-state index in [-0.39, 0.29) is 6.61 Å². The lowest BCUT2D eigenvalue weighted by atomic mass is 10.1. The zero-order chi connectivity index (χ0) is 22.0. The SMILES string of the molecule is COc1cc(/C=C/C(=O)O[C@@H](C)C(=O)NC(=O)NC(C)(C)C)ccc1OCC#N. The number of nitrogens with zero attached hydrogens (tertiary/aromatic N) is 1. The van der Waals surface area contributed by atoms with Crippen molar-refractivity contribution in [1.29, 1.82) is 5.26 Å². The minimum Gasteiger partial charge on any atom is -0.493 e. The molecule has 0 fully saturated rings. The van der Waals surface area contributed by atoms with Gasteiger partial charge in [0.15, 0.2) is 24.2 Å². The van der Waals surface area contributed by atoms with Crippen molar-refractivity contribution in [2.75, 3.05) is 13.7 Å². The van der Waals surface area contributed by atoms with Crippen LogP contribution < -0.4 is 20.1 Å². The highest BCUT2D eigenvalue weighted by Gasteiger charge is 2.21. The number of imide groups is 1. The zero-order valence-electron chi connectivity index (χ0n) is 17.1. The Bertz CT molecular complexity index is 820. The lowest BCUT2D eigenvalue weighted by molar-refractivity contribution is -0.149. The summed E-state index contributed by atoms with van der Waals surface area (Å²) in [5.74, 6) is -0.706. The third kappa shape index (κ3) is 8.79. The molecule has 0 spiro atoms. The van der Waals surface area contributed by atoms with Gasteiger partial charge in [-0.1, -0.05) is 6.07 Å². The first-order valence-corrected chi connectivity index (χ1v) is 8.75. The van der Waals surface area contributed by atoms with Crippen LogP contribution in [0, 0.1) is 11.3 Å². The Morgan fingerprint density at radius 1 is 1.24 bits per heavy atom. The molecule has 1 atom stereocenters. The van der Waals surface area contributed by atoms with Crippen molar-refractivity contribution in [2.45, 2.75) is 39.3 Å². The number of hydrogen-bond donors (Lipinski definition) is 2. The molecule has 0 saturated heterocycles. The van der Waals surface area contributed by atoms with Gasteiger partial charge in [-0.15, -0.1) is 0 Å². The maximum atomic E-state index is 11.9. The normalized spacial score (nSPS) is 11.9. The predicted molar refractivity (Wildman–Crippen MR) is 105 cm³/mol. The van der Waals surface area contributed by atoms with Crippen LogP contribution in [-0.4, -0.2) is 43.3 Å². The van der Waals surface area contributed by atoms with Gasteiger partial charge in [0.1, 0.15) is 6.07 Å². The number of methoxy groups -OCH3 is 1. The second kappa shape index (κ2) is 10.7. The third-order valence-electron chi connectivity index (χ3n) is 3.28. The molecule has 29 heavy (non-hydrogen) atoms. The van der Waals surface area contributed by atoms with E-state index in [1.807, 2.05) is 6.07 Å². The van der Waals surface area contributed by atoms with Crippen molar-refractivity contribution in [2.24, 2.45) is 0 Å². The molecule has 9 heteroatoms. The van der Waals surface area contributed by atoms with Crippen molar-refractivity contribution < 1.29 is 28.6 Å². The standard InChI is InChI=1S/C20H25N3O6/c1-13(18(25)22-19(26)23-20(2,3)4)29-17(24)9-7-14-6-8-15(28-11-10-21)16(12-14)27-5/h6-9,12-13H,11H2,1-5H3,(H2,22,23,25,26)/b9-7+/t13-/m0/s1. The van der Waals surface area contributed by atoms with E-state index in [1.54, 1.807) is 39.0 Å². The van der Waals surface area contributed by atoms with Crippen LogP contribution in [0.2, 0.25) is 0 Å². The smallest absolute Gasteiger partial charge is 0.331 e. The Morgan fingerprint density at radius 2 is 1.93 bits per heavy atom. The molecule has 9 nitrogen and oxygen atoms in total. The van der Waals surface area contributed by atoms with Gasteiger partial charge in [-0.3, -0.25) is 10.1 Å². The van der Waals surface area contributed by atoms with E-state index < -0.39 is 29.6 Å². The van der Waals surface area contributed by atoms with Crippen molar-refractivity contribution in [3.8, 4) is 17.6 Å². The average Bonchev–Trinajstić information content (AvgIpc) is 2.63. The van der Waals surface area contributed by atoms with E-state index in [9.17, 15) is 14.4 Å². The molecule has 0 heterocycles. The summed E-state index contributed by atoms with van der Waals surface area (Å²) in [6, 6.07) is 6.06. The van der Waals surface area contributed by atoms with Crippen LogP contribution in [0.4, 0.5) is 4.79 Å². The first kappa shape index (κ1) is 23.5. The minimum absolute atomic E-state index is 0.119. The van der Waals surface area contributed by atoms with E-state index in [1.165, 1.54) is 20.1 Å². The molecule has 156 valence electrons. The van der Waals surface area contributed by atoms with E-state index in [2.05, 4.69) is 10.6 Å². The number of rotatable bonds is 7. The summed E-state index contributed by atoms with van der Waals surface area (Å²) in [6.45, 7) is 6.54. The molecule has 1 rings (SSSR count). The molecule has 0 radical (unpaired) electrons. The van der Waals surface area contributed by atoms with Crippen molar-refractivity contribution in [3.05, 3.63) is 29.8 Å². The molecule has 1 aromatic carbocycles. The van der Waals surface area contributed by atoms with Gasteiger partial charge in [0.2, 0.25) is 0 Å². The number of carbonyl (C=O) groups excluding carboxylic acids is 3. The van der Waals surface area contributed by atoms with Crippen molar-refractivity contribution in [1.82, 2.24) is 10.6 Å². The minimum atomic E-state index is -1.16. The highest BCUT2D eigenvalue weighted by Crippen LogP contribution is 2.28. The molecule has 0 aliphatic heterocycles. The molecule has 0 aliphatic carbocycles. The maximum absolute atomic E-state index is 11.9. The van der Waals surface area contributed by atoms with Crippen LogP contribution in [0.15, 0.2) is 24.3 Å². The molecule has 1 aromatic rings. The average molecular weight is 403 g/mol. The van der Waals surface area contributed by atoms with Gasteiger partial charge in [0.05, 0.1) is 7.11 Å². The fourth-order valence-corrected chi connectivity index (χ4v) is 2.03. The molecule has 2 N–H and O–H groups in total. The number of nitriles is 1. The van der Waals surface area contributed by atoms with Crippen LogP contribution in [0.25, 0.3) is 6.08 Å². The Labute approximate surface area is 169 Å². The van der Waals surface area contributed by atoms with E-state index in [0.717, 1.165) is 6.08 Å². The molecule has 0 unspecified atom stereocenters. The van der Waals surface area contributed by atoms with Crippen molar-refractivity contribution >= 4 is 24.0 Å². The summed E-state index contributed by atoms with van der Waals surface area (Å²) in [7, 11) is 1.45. The second-order valence-electron chi connectivity index (χ2n) is 6.96. The van der Waals surface area contributed by atoms with Gasteiger partial charge in [-0.25, -0.2) is 9.59 Å². The number of hydrogen-bond acceptors (Lipinski definition) is 7. The van der Waals surface area contributed by atoms with E-state index in [4.69, 9.17) is 19.5 Å². The van der Waals surface area contributed by atoms with E-state index in [0.29, 0.717) is 17.1 Å². The fraction of sp³-hybridized carbons (Fsp3) is 0.400. The third-order valence-corrected chi connectivity index (χ3v) is 3.28.